The minimum absolute atomic E-state index is 0.0455. The van der Waals surface area contributed by atoms with Crippen molar-refractivity contribution in [2.45, 2.75) is 12.5 Å². The highest BCUT2D eigenvalue weighted by Crippen LogP contribution is 2.38. The molecule has 0 aliphatic carbocycles. The number of carbonyl (C=O) groups is 2. The molecule has 26 heavy (non-hydrogen) atoms. The lowest BCUT2D eigenvalue weighted by atomic mass is 9.93. The van der Waals surface area contributed by atoms with E-state index in [2.05, 4.69) is 23.6 Å². The topological polar surface area (TPSA) is 46.6 Å². The lowest BCUT2D eigenvalue weighted by Crippen LogP contribution is -2.39. The Bertz CT molecular complexity index is 945. The van der Waals surface area contributed by atoms with E-state index in [-0.39, 0.29) is 11.9 Å². The zero-order valence-electron chi connectivity index (χ0n) is 14.2. The Morgan fingerprint density at radius 2 is 1.85 bits per heavy atom. The van der Waals surface area contributed by atoms with Crippen molar-refractivity contribution in [2.24, 2.45) is 0 Å². The Labute approximate surface area is 159 Å². The van der Waals surface area contributed by atoms with Gasteiger partial charge in [0.1, 0.15) is 4.88 Å². The molecule has 132 valence electrons. The van der Waals surface area contributed by atoms with Crippen molar-refractivity contribution in [3.05, 3.63) is 79.7 Å². The Balaban J connectivity index is 1.71. The number of methoxy groups -OCH3 is 1. The van der Waals surface area contributed by atoms with Crippen LogP contribution in [0.1, 0.15) is 41.4 Å². The van der Waals surface area contributed by atoms with Gasteiger partial charge in [0.05, 0.1) is 18.0 Å². The third kappa shape index (κ3) is 2.95. The maximum atomic E-state index is 13.2. The minimum atomic E-state index is -0.410. The summed E-state index contributed by atoms with van der Waals surface area (Å²) in [6.45, 7) is 0.664. The van der Waals surface area contributed by atoms with Gasteiger partial charge in [0.15, 0.2) is 0 Å². The van der Waals surface area contributed by atoms with Crippen molar-refractivity contribution in [2.75, 3.05) is 13.7 Å². The number of fused-ring (bicyclic) bond motifs is 1. The second-order valence-corrected chi connectivity index (χ2v) is 8.10. The average molecular weight is 383 g/mol. The molecule has 6 heteroatoms. The number of carbonyl (C=O) groups excluding carboxylic acids is 2. The van der Waals surface area contributed by atoms with Crippen molar-refractivity contribution < 1.29 is 14.3 Å². The van der Waals surface area contributed by atoms with Gasteiger partial charge >= 0.3 is 5.97 Å². The van der Waals surface area contributed by atoms with E-state index in [4.69, 9.17) is 4.74 Å². The number of rotatable bonds is 3. The summed E-state index contributed by atoms with van der Waals surface area (Å²) in [5, 5.41) is 2.09. The van der Waals surface area contributed by atoms with E-state index in [1.807, 2.05) is 23.1 Å². The fraction of sp³-hybridized carbons (Fsp3) is 0.200. The number of hydrogen-bond donors (Lipinski definition) is 0. The van der Waals surface area contributed by atoms with Crippen LogP contribution in [0.2, 0.25) is 0 Å². The number of hydrogen-bond acceptors (Lipinski definition) is 5. The monoisotopic (exact) mass is 383 g/mol. The van der Waals surface area contributed by atoms with Crippen LogP contribution >= 0.6 is 22.7 Å². The molecule has 0 N–H and O–H groups in total. The quantitative estimate of drug-likeness (QED) is 0.631. The van der Waals surface area contributed by atoms with Crippen LogP contribution < -0.4 is 0 Å². The van der Waals surface area contributed by atoms with Crippen molar-refractivity contribution in [3.8, 4) is 0 Å². The van der Waals surface area contributed by atoms with Crippen LogP contribution in [0.25, 0.3) is 0 Å². The van der Waals surface area contributed by atoms with E-state index >= 15 is 0 Å². The smallest absolute Gasteiger partial charge is 0.348 e. The van der Waals surface area contributed by atoms with Gasteiger partial charge in [-0.2, -0.15) is 0 Å². The molecule has 4 nitrogen and oxygen atoms in total. The van der Waals surface area contributed by atoms with E-state index in [0.29, 0.717) is 16.3 Å². The first-order valence-corrected chi connectivity index (χ1v) is 9.99. The van der Waals surface area contributed by atoms with Crippen LogP contribution in [0.4, 0.5) is 0 Å². The molecule has 0 saturated heterocycles. The van der Waals surface area contributed by atoms with Crippen molar-refractivity contribution in [1.82, 2.24) is 4.90 Å². The number of benzene rings is 1. The molecule has 1 amide bonds. The van der Waals surface area contributed by atoms with Crippen molar-refractivity contribution in [1.29, 1.82) is 0 Å². The summed E-state index contributed by atoms with van der Waals surface area (Å²) in [5.74, 6) is -0.455. The molecule has 0 fully saturated rings. The van der Waals surface area contributed by atoms with Gasteiger partial charge in [0, 0.05) is 11.4 Å². The fourth-order valence-corrected chi connectivity index (χ4v) is 5.12. The Hall–Kier alpha value is -2.44. The van der Waals surface area contributed by atoms with Gasteiger partial charge < -0.3 is 9.64 Å². The first-order valence-electron chi connectivity index (χ1n) is 8.29. The maximum Gasteiger partial charge on any atom is 0.348 e. The van der Waals surface area contributed by atoms with Crippen molar-refractivity contribution >= 4 is 34.6 Å². The highest BCUT2D eigenvalue weighted by atomic mass is 32.1. The lowest BCUT2D eigenvalue weighted by molar-refractivity contribution is 0.0606. The summed E-state index contributed by atoms with van der Waals surface area (Å²) < 4.78 is 4.75. The fourth-order valence-electron chi connectivity index (χ4n) is 3.33. The highest BCUT2D eigenvalue weighted by molar-refractivity contribution is 7.15. The van der Waals surface area contributed by atoms with Gasteiger partial charge in [-0.3, -0.25) is 4.79 Å². The summed E-state index contributed by atoms with van der Waals surface area (Å²) in [7, 11) is 1.34. The normalized spacial score (nSPS) is 16.2. The Morgan fingerprint density at radius 3 is 2.62 bits per heavy atom. The summed E-state index contributed by atoms with van der Waals surface area (Å²) >= 11 is 2.93. The van der Waals surface area contributed by atoms with Gasteiger partial charge in [-0.15, -0.1) is 22.7 Å². The highest BCUT2D eigenvalue weighted by Gasteiger charge is 2.33. The molecule has 1 unspecified atom stereocenters. The van der Waals surface area contributed by atoms with E-state index in [0.717, 1.165) is 12.0 Å². The Morgan fingerprint density at radius 1 is 1.08 bits per heavy atom. The molecule has 0 bridgehead atoms. The predicted molar refractivity (Wildman–Crippen MR) is 103 cm³/mol. The largest absolute Gasteiger partial charge is 0.465 e. The minimum Gasteiger partial charge on any atom is -0.465 e. The zero-order valence-corrected chi connectivity index (χ0v) is 15.8. The number of ether oxygens (including phenoxy) is 1. The van der Waals surface area contributed by atoms with Crippen LogP contribution in [0.3, 0.4) is 0 Å². The van der Waals surface area contributed by atoms with Crippen LogP contribution in [-0.2, 0) is 11.2 Å². The van der Waals surface area contributed by atoms with Gasteiger partial charge in [-0.1, -0.05) is 30.3 Å². The molecule has 1 aliphatic heterocycles. The Kier molecular flexibility index (Phi) is 4.61. The van der Waals surface area contributed by atoms with E-state index in [1.165, 1.54) is 28.9 Å². The van der Waals surface area contributed by atoms with Crippen LogP contribution in [0.15, 0.2) is 53.9 Å². The second kappa shape index (κ2) is 7.05. The molecular formula is C20H17NO3S2. The van der Waals surface area contributed by atoms with Gasteiger partial charge in [-0.05, 0) is 41.1 Å². The molecule has 1 atom stereocenters. The maximum absolute atomic E-state index is 13.2. The SMILES string of the molecule is COC(=O)c1ccc(C(=O)N2CCc3sccc3C2c2ccccc2)s1. The second-order valence-electron chi connectivity index (χ2n) is 6.02. The zero-order chi connectivity index (χ0) is 18.1. The standard InChI is InChI=1S/C20H17NO3S2/c1-24-20(23)17-8-7-16(26-17)19(22)21-11-9-15-14(10-12-25-15)18(21)13-5-3-2-4-6-13/h2-8,10,12,18H,9,11H2,1H3. The third-order valence-corrected chi connectivity index (χ3v) is 6.60. The summed E-state index contributed by atoms with van der Waals surface area (Å²) in [5.41, 5.74) is 2.30. The lowest BCUT2D eigenvalue weighted by Gasteiger charge is -2.36. The molecule has 1 aliphatic rings. The molecule has 0 radical (unpaired) electrons. The number of esters is 1. The molecule has 3 aromatic rings. The van der Waals surface area contributed by atoms with Crippen LogP contribution in [-0.4, -0.2) is 30.4 Å². The molecule has 0 saturated carbocycles. The average Bonchev–Trinajstić information content (AvgIpc) is 3.36. The molecule has 1 aromatic carbocycles. The van der Waals surface area contributed by atoms with E-state index < -0.39 is 5.97 Å². The third-order valence-electron chi connectivity index (χ3n) is 4.55. The van der Waals surface area contributed by atoms with E-state index in [1.54, 1.807) is 23.5 Å². The summed E-state index contributed by atoms with van der Waals surface area (Å²) in [6, 6.07) is 15.5. The van der Waals surface area contributed by atoms with E-state index in [9.17, 15) is 9.59 Å². The van der Waals surface area contributed by atoms with Gasteiger partial charge in [-0.25, -0.2) is 4.79 Å². The molecule has 3 heterocycles. The van der Waals surface area contributed by atoms with Gasteiger partial charge in [0.25, 0.3) is 5.91 Å². The van der Waals surface area contributed by atoms with Gasteiger partial charge in [0.2, 0.25) is 0 Å². The molecule has 0 spiro atoms. The molecular weight excluding hydrogens is 366 g/mol. The predicted octanol–water partition coefficient (Wildman–Crippen LogP) is 4.38. The van der Waals surface area contributed by atoms with Crippen LogP contribution in [0, 0.1) is 0 Å². The number of nitrogens with zero attached hydrogens (tertiary/aromatic N) is 1. The summed E-state index contributed by atoms with van der Waals surface area (Å²) in [6.07, 6.45) is 0.858. The number of thiophene rings is 2. The first kappa shape index (κ1) is 17.0. The van der Waals surface area contributed by atoms with Crippen LogP contribution in [0.5, 0.6) is 0 Å². The summed E-state index contributed by atoms with van der Waals surface area (Å²) in [4.78, 5) is 29.2. The van der Waals surface area contributed by atoms with Crippen molar-refractivity contribution in [3.63, 3.8) is 0 Å². The first-order chi connectivity index (χ1) is 12.7. The molecule has 4 rings (SSSR count). The molecule has 2 aromatic heterocycles. The number of amides is 1.